The van der Waals surface area contributed by atoms with Crippen LogP contribution in [0.1, 0.15) is 28.4 Å². The molecular formula is C17H31IN4O2S. The van der Waals surface area contributed by atoms with Gasteiger partial charge in [0.1, 0.15) is 0 Å². The van der Waals surface area contributed by atoms with Crippen molar-refractivity contribution in [2.45, 2.75) is 33.1 Å². The Morgan fingerprint density at radius 1 is 1.36 bits per heavy atom. The lowest BCUT2D eigenvalue weighted by Gasteiger charge is -2.12. The maximum Gasteiger partial charge on any atom is 0.190 e. The maximum atomic E-state index is 5.70. The first kappa shape index (κ1) is 22.6. The molecule has 2 rings (SSSR count). The molecule has 0 bridgehead atoms. The molecule has 0 spiro atoms. The zero-order valence-corrected chi connectivity index (χ0v) is 18.6. The largest absolute Gasteiger partial charge is 0.381 e. The first-order valence-corrected chi connectivity index (χ1v) is 9.53. The van der Waals surface area contributed by atoms with Gasteiger partial charge in [-0.2, -0.15) is 0 Å². The molecule has 1 aromatic heterocycles. The van der Waals surface area contributed by atoms with Crippen LogP contribution < -0.4 is 10.6 Å². The summed E-state index contributed by atoms with van der Waals surface area (Å²) in [6, 6.07) is 0. The first-order valence-electron chi connectivity index (χ1n) is 8.72. The lowest BCUT2D eigenvalue weighted by Crippen LogP contribution is -2.39. The number of nitrogens with zero attached hydrogens (tertiary/aromatic N) is 2. The van der Waals surface area contributed by atoms with E-state index in [1.165, 1.54) is 4.88 Å². The number of hydrogen-bond donors (Lipinski definition) is 2. The van der Waals surface area contributed by atoms with Crippen LogP contribution in [-0.4, -0.2) is 57.5 Å². The molecule has 0 aliphatic carbocycles. The summed E-state index contributed by atoms with van der Waals surface area (Å²) in [5.74, 6) is 1.43. The number of rotatable bonds is 9. The van der Waals surface area contributed by atoms with Crippen LogP contribution >= 0.6 is 35.3 Å². The van der Waals surface area contributed by atoms with Gasteiger partial charge in [0.2, 0.25) is 0 Å². The Balaban J connectivity index is 0.00000312. The number of halogens is 1. The Morgan fingerprint density at radius 2 is 2.16 bits per heavy atom. The number of guanidine groups is 1. The van der Waals surface area contributed by atoms with Crippen molar-refractivity contribution in [2.24, 2.45) is 10.9 Å². The van der Waals surface area contributed by atoms with Gasteiger partial charge in [-0.3, -0.25) is 4.99 Å². The van der Waals surface area contributed by atoms with E-state index in [2.05, 4.69) is 34.5 Å². The summed E-state index contributed by atoms with van der Waals surface area (Å²) in [5, 5.41) is 7.81. The molecule has 1 aliphatic heterocycles. The molecular weight excluding hydrogens is 451 g/mol. The molecule has 1 unspecified atom stereocenters. The quantitative estimate of drug-likeness (QED) is 0.245. The fraction of sp³-hybridized carbons (Fsp3) is 0.765. The third-order valence-corrected chi connectivity index (χ3v) is 5.14. The smallest absolute Gasteiger partial charge is 0.190 e. The van der Waals surface area contributed by atoms with Crippen molar-refractivity contribution in [3.63, 3.8) is 0 Å². The molecule has 6 nitrogen and oxygen atoms in total. The van der Waals surface area contributed by atoms with Crippen LogP contribution in [0.3, 0.4) is 0 Å². The summed E-state index contributed by atoms with van der Waals surface area (Å²) in [7, 11) is 1.80. The maximum absolute atomic E-state index is 5.70. The third kappa shape index (κ3) is 8.65. The van der Waals surface area contributed by atoms with Crippen molar-refractivity contribution in [1.29, 1.82) is 0 Å². The van der Waals surface area contributed by atoms with Gasteiger partial charge in [-0.1, -0.05) is 0 Å². The summed E-state index contributed by atoms with van der Waals surface area (Å²) in [6.45, 7) is 9.19. The van der Waals surface area contributed by atoms with Crippen LogP contribution in [0.25, 0.3) is 0 Å². The standard InChI is InChI=1S/C17H30N4O2S.HI/c1-13-16(24-14(2)21-13)5-8-20-17(18-3)19-7-4-9-22-11-15-6-10-23-12-15;/h15H,4-12H2,1-3H3,(H2,18,19,20);1H. The fourth-order valence-electron chi connectivity index (χ4n) is 2.67. The highest BCUT2D eigenvalue weighted by molar-refractivity contribution is 14.0. The summed E-state index contributed by atoms with van der Waals surface area (Å²) in [5.41, 5.74) is 1.15. The Hall–Kier alpha value is -0.450. The van der Waals surface area contributed by atoms with Crippen molar-refractivity contribution >= 4 is 41.3 Å². The van der Waals surface area contributed by atoms with Gasteiger partial charge in [-0.05, 0) is 26.7 Å². The normalized spacial score (nSPS) is 17.4. The van der Waals surface area contributed by atoms with Crippen molar-refractivity contribution in [1.82, 2.24) is 15.6 Å². The Kier molecular flexibility index (Phi) is 11.6. The fourth-order valence-corrected chi connectivity index (χ4v) is 3.60. The van der Waals surface area contributed by atoms with Gasteiger partial charge in [0.15, 0.2) is 5.96 Å². The minimum Gasteiger partial charge on any atom is -0.381 e. The third-order valence-electron chi connectivity index (χ3n) is 4.00. The van der Waals surface area contributed by atoms with Crippen LogP contribution in [-0.2, 0) is 15.9 Å². The molecule has 0 radical (unpaired) electrons. The predicted molar refractivity (Wildman–Crippen MR) is 114 cm³/mol. The molecule has 1 aromatic rings. The van der Waals surface area contributed by atoms with Crippen molar-refractivity contribution in [3.05, 3.63) is 15.6 Å². The molecule has 25 heavy (non-hydrogen) atoms. The molecule has 8 heteroatoms. The summed E-state index contributed by atoms with van der Waals surface area (Å²) < 4.78 is 11.0. The van der Waals surface area contributed by atoms with Crippen molar-refractivity contribution in [2.75, 3.05) is 46.6 Å². The Morgan fingerprint density at radius 3 is 2.80 bits per heavy atom. The van der Waals surface area contributed by atoms with Gasteiger partial charge < -0.3 is 20.1 Å². The van der Waals surface area contributed by atoms with Crippen molar-refractivity contribution in [3.8, 4) is 0 Å². The zero-order valence-electron chi connectivity index (χ0n) is 15.5. The molecule has 1 fully saturated rings. The van der Waals surface area contributed by atoms with Gasteiger partial charge in [0, 0.05) is 50.6 Å². The van der Waals surface area contributed by atoms with E-state index >= 15 is 0 Å². The molecule has 0 amide bonds. The van der Waals surface area contributed by atoms with Crippen LogP contribution in [0.5, 0.6) is 0 Å². The van der Waals surface area contributed by atoms with E-state index < -0.39 is 0 Å². The average molecular weight is 482 g/mol. The SMILES string of the molecule is CN=C(NCCCOCC1CCOC1)NCCc1sc(C)nc1C.I. The first-order chi connectivity index (χ1) is 11.7. The number of thiazole rings is 1. The second kappa shape index (κ2) is 12.8. The molecule has 0 saturated carbocycles. The minimum absolute atomic E-state index is 0. The van der Waals surface area contributed by atoms with Crippen LogP contribution in [0.15, 0.2) is 4.99 Å². The molecule has 1 saturated heterocycles. The molecule has 0 aromatic carbocycles. The van der Waals surface area contributed by atoms with Gasteiger partial charge >= 0.3 is 0 Å². The molecule has 144 valence electrons. The van der Waals surface area contributed by atoms with Gasteiger partial charge in [0.25, 0.3) is 0 Å². The highest BCUT2D eigenvalue weighted by Crippen LogP contribution is 2.17. The van der Waals surface area contributed by atoms with E-state index in [0.29, 0.717) is 5.92 Å². The summed E-state index contributed by atoms with van der Waals surface area (Å²) >= 11 is 1.77. The number of aliphatic imine (C=N–C) groups is 1. The highest BCUT2D eigenvalue weighted by atomic mass is 127. The second-order valence-electron chi connectivity index (χ2n) is 6.08. The van der Waals surface area contributed by atoms with Gasteiger partial charge in [-0.15, -0.1) is 35.3 Å². The number of ether oxygens (including phenoxy) is 2. The minimum atomic E-state index is 0. The number of aromatic nitrogens is 1. The number of nitrogens with one attached hydrogen (secondary N) is 2. The van der Waals surface area contributed by atoms with E-state index in [-0.39, 0.29) is 24.0 Å². The molecule has 2 N–H and O–H groups in total. The van der Waals surface area contributed by atoms with Crippen molar-refractivity contribution < 1.29 is 9.47 Å². The van der Waals surface area contributed by atoms with Gasteiger partial charge in [0.05, 0.1) is 23.9 Å². The van der Waals surface area contributed by atoms with E-state index in [1.807, 2.05) is 0 Å². The topological polar surface area (TPSA) is 67.8 Å². The second-order valence-corrected chi connectivity index (χ2v) is 7.36. The number of hydrogen-bond acceptors (Lipinski definition) is 5. The predicted octanol–water partition coefficient (Wildman–Crippen LogP) is 2.53. The molecule has 2 heterocycles. The van der Waals surface area contributed by atoms with Crippen LogP contribution in [0.2, 0.25) is 0 Å². The monoisotopic (exact) mass is 482 g/mol. The summed E-state index contributed by atoms with van der Waals surface area (Å²) in [6.07, 6.45) is 3.08. The van der Waals surface area contributed by atoms with E-state index in [0.717, 1.165) is 75.4 Å². The lowest BCUT2D eigenvalue weighted by molar-refractivity contribution is 0.0888. The van der Waals surface area contributed by atoms with E-state index in [9.17, 15) is 0 Å². The Labute approximate surface area is 172 Å². The van der Waals surface area contributed by atoms with E-state index in [1.54, 1.807) is 18.4 Å². The Bertz CT molecular complexity index is 519. The summed E-state index contributed by atoms with van der Waals surface area (Å²) in [4.78, 5) is 10.1. The van der Waals surface area contributed by atoms with Crippen LogP contribution in [0.4, 0.5) is 0 Å². The average Bonchev–Trinajstić information content (AvgIpc) is 3.18. The number of aryl methyl sites for hydroxylation is 2. The zero-order chi connectivity index (χ0) is 17.2. The molecule has 1 atom stereocenters. The highest BCUT2D eigenvalue weighted by Gasteiger charge is 2.15. The van der Waals surface area contributed by atoms with Crippen LogP contribution in [0, 0.1) is 19.8 Å². The van der Waals surface area contributed by atoms with E-state index in [4.69, 9.17) is 9.47 Å². The van der Waals surface area contributed by atoms with Gasteiger partial charge in [-0.25, -0.2) is 4.98 Å². The lowest BCUT2D eigenvalue weighted by atomic mass is 10.1. The molecule has 1 aliphatic rings.